The van der Waals surface area contributed by atoms with Crippen molar-refractivity contribution in [2.24, 2.45) is 5.73 Å². The van der Waals surface area contributed by atoms with Crippen LogP contribution in [0.5, 0.6) is 0 Å². The summed E-state index contributed by atoms with van der Waals surface area (Å²) in [6.45, 7) is 1.13. The summed E-state index contributed by atoms with van der Waals surface area (Å²) >= 11 is 6.40. The largest absolute Gasteiger partial charge is 0.334 e. The molecule has 0 radical (unpaired) electrons. The molecule has 0 aliphatic heterocycles. The number of nitriles is 1. The van der Waals surface area contributed by atoms with Gasteiger partial charge in [-0.15, -0.1) is 0 Å². The minimum absolute atomic E-state index is 0.190. The molecule has 32 heavy (non-hydrogen) atoms. The molecule has 1 aromatic heterocycles. The molecule has 7 nitrogen and oxygen atoms in total. The molecular formula is C24H22ClN5O2. The number of benzene rings is 2. The predicted octanol–water partition coefficient (Wildman–Crippen LogP) is 3.85. The molecule has 3 aromatic rings. The first-order chi connectivity index (χ1) is 15.5. The third kappa shape index (κ3) is 5.91. The van der Waals surface area contributed by atoms with E-state index in [9.17, 15) is 9.59 Å². The molecule has 0 saturated carbocycles. The number of nitrogens with one attached hydrogen (secondary N) is 1. The number of carbonyl (C=O) groups is 2. The van der Waals surface area contributed by atoms with Crippen LogP contribution in [0.25, 0.3) is 0 Å². The highest BCUT2D eigenvalue weighted by Crippen LogP contribution is 2.24. The molecule has 0 spiro atoms. The van der Waals surface area contributed by atoms with Gasteiger partial charge in [-0.1, -0.05) is 11.6 Å². The summed E-state index contributed by atoms with van der Waals surface area (Å²) in [6.07, 6.45) is 3.72. The molecule has 1 heterocycles. The van der Waals surface area contributed by atoms with Gasteiger partial charge in [0.15, 0.2) is 0 Å². The molecule has 3 rings (SSSR count). The minimum Gasteiger partial charge on any atom is -0.334 e. The van der Waals surface area contributed by atoms with Gasteiger partial charge in [0.2, 0.25) is 0 Å². The van der Waals surface area contributed by atoms with Crippen molar-refractivity contribution in [3.63, 3.8) is 0 Å². The maximum atomic E-state index is 13.1. The van der Waals surface area contributed by atoms with Crippen LogP contribution in [0.3, 0.4) is 0 Å². The second-order valence-corrected chi connectivity index (χ2v) is 7.46. The van der Waals surface area contributed by atoms with Crippen LogP contribution in [-0.2, 0) is 6.54 Å². The van der Waals surface area contributed by atoms with Gasteiger partial charge < -0.3 is 16.0 Å². The Morgan fingerprint density at radius 1 is 1.06 bits per heavy atom. The molecule has 2 aromatic carbocycles. The molecule has 162 valence electrons. The molecule has 0 fully saturated rings. The lowest BCUT2D eigenvalue weighted by Gasteiger charge is -2.24. The van der Waals surface area contributed by atoms with Gasteiger partial charge in [0, 0.05) is 47.3 Å². The SMILES string of the molecule is N#Cc1ccc(C(=O)N(CCCN)Cc2cc(NC(=O)c3ccncc3)ccc2Cl)cc1. The Morgan fingerprint density at radius 3 is 2.44 bits per heavy atom. The first-order valence-corrected chi connectivity index (χ1v) is 10.4. The standard InChI is InChI=1S/C24H22ClN5O2/c25-22-7-6-21(29-23(31)18-8-11-28-12-9-18)14-20(22)16-30(13-1-10-26)24(32)19-4-2-17(15-27)3-5-19/h2-9,11-12,14H,1,10,13,16,26H2,(H,29,31). The van der Waals surface area contributed by atoms with E-state index in [0.29, 0.717) is 52.5 Å². The minimum atomic E-state index is -0.269. The smallest absolute Gasteiger partial charge is 0.255 e. The number of hydrogen-bond donors (Lipinski definition) is 2. The van der Waals surface area contributed by atoms with Crippen molar-refractivity contribution in [3.8, 4) is 6.07 Å². The van der Waals surface area contributed by atoms with Crippen molar-refractivity contribution in [1.82, 2.24) is 9.88 Å². The zero-order valence-electron chi connectivity index (χ0n) is 17.3. The summed E-state index contributed by atoms with van der Waals surface area (Å²) in [7, 11) is 0. The third-order valence-electron chi connectivity index (χ3n) is 4.79. The van der Waals surface area contributed by atoms with E-state index >= 15 is 0 Å². The quantitative estimate of drug-likeness (QED) is 0.544. The molecule has 0 atom stereocenters. The van der Waals surface area contributed by atoms with Gasteiger partial charge in [-0.05, 0) is 73.1 Å². The van der Waals surface area contributed by atoms with E-state index in [2.05, 4.69) is 10.3 Å². The van der Waals surface area contributed by atoms with E-state index in [4.69, 9.17) is 22.6 Å². The topological polar surface area (TPSA) is 112 Å². The van der Waals surface area contributed by atoms with Crippen molar-refractivity contribution >= 4 is 29.1 Å². The van der Waals surface area contributed by atoms with Crippen molar-refractivity contribution in [2.75, 3.05) is 18.4 Å². The third-order valence-corrected chi connectivity index (χ3v) is 5.16. The number of hydrogen-bond acceptors (Lipinski definition) is 5. The van der Waals surface area contributed by atoms with Crippen molar-refractivity contribution in [3.05, 3.63) is 94.3 Å². The summed E-state index contributed by atoms with van der Waals surface area (Å²) in [5.74, 6) is -0.459. The number of carbonyl (C=O) groups excluding carboxylic acids is 2. The first-order valence-electron chi connectivity index (χ1n) is 10.0. The molecular weight excluding hydrogens is 426 g/mol. The van der Waals surface area contributed by atoms with Crippen LogP contribution in [0, 0.1) is 11.3 Å². The van der Waals surface area contributed by atoms with Gasteiger partial charge in [-0.2, -0.15) is 5.26 Å². The molecule has 0 bridgehead atoms. The lowest BCUT2D eigenvalue weighted by molar-refractivity contribution is 0.0742. The highest BCUT2D eigenvalue weighted by molar-refractivity contribution is 6.31. The summed E-state index contributed by atoms with van der Waals surface area (Å²) in [4.78, 5) is 31.1. The summed E-state index contributed by atoms with van der Waals surface area (Å²) < 4.78 is 0. The molecule has 0 unspecified atom stereocenters. The summed E-state index contributed by atoms with van der Waals surface area (Å²) in [5.41, 5.74) is 8.35. The summed E-state index contributed by atoms with van der Waals surface area (Å²) in [6, 6.07) is 16.9. The van der Waals surface area contributed by atoms with Crippen molar-refractivity contribution < 1.29 is 9.59 Å². The van der Waals surface area contributed by atoms with Crippen LogP contribution >= 0.6 is 11.6 Å². The van der Waals surface area contributed by atoms with Crippen molar-refractivity contribution in [1.29, 1.82) is 5.26 Å². The van der Waals surface area contributed by atoms with E-state index in [1.54, 1.807) is 71.9 Å². The van der Waals surface area contributed by atoms with Crippen LogP contribution in [-0.4, -0.2) is 34.8 Å². The predicted molar refractivity (Wildman–Crippen MR) is 123 cm³/mol. The second-order valence-electron chi connectivity index (χ2n) is 7.05. The van der Waals surface area contributed by atoms with Gasteiger partial charge in [-0.25, -0.2) is 0 Å². The van der Waals surface area contributed by atoms with Crippen LogP contribution in [0.4, 0.5) is 5.69 Å². The van der Waals surface area contributed by atoms with E-state index in [1.165, 1.54) is 0 Å². The van der Waals surface area contributed by atoms with Gasteiger partial charge in [0.05, 0.1) is 11.6 Å². The van der Waals surface area contributed by atoms with Gasteiger partial charge >= 0.3 is 0 Å². The van der Waals surface area contributed by atoms with E-state index in [0.717, 1.165) is 0 Å². The van der Waals surface area contributed by atoms with Gasteiger partial charge in [0.25, 0.3) is 11.8 Å². The second kappa shape index (κ2) is 11.0. The number of anilines is 1. The number of nitrogens with two attached hydrogens (primary N) is 1. The number of pyridine rings is 1. The molecule has 8 heteroatoms. The Hall–Kier alpha value is -3.73. The lowest BCUT2D eigenvalue weighted by Crippen LogP contribution is -2.32. The zero-order valence-corrected chi connectivity index (χ0v) is 18.0. The Kier molecular flexibility index (Phi) is 7.92. The highest BCUT2D eigenvalue weighted by atomic mass is 35.5. The lowest BCUT2D eigenvalue weighted by atomic mass is 10.1. The Morgan fingerprint density at radius 2 is 1.78 bits per heavy atom. The first kappa shape index (κ1) is 22.9. The normalized spacial score (nSPS) is 10.3. The molecule has 0 aliphatic rings. The number of amides is 2. The fourth-order valence-electron chi connectivity index (χ4n) is 3.09. The molecule has 3 N–H and O–H groups in total. The van der Waals surface area contributed by atoms with E-state index in [1.807, 2.05) is 6.07 Å². The van der Waals surface area contributed by atoms with Crippen LogP contribution in [0.2, 0.25) is 5.02 Å². The molecule has 2 amide bonds. The number of aromatic nitrogens is 1. The number of nitrogens with zero attached hydrogens (tertiary/aromatic N) is 3. The fourth-order valence-corrected chi connectivity index (χ4v) is 3.27. The highest BCUT2D eigenvalue weighted by Gasteiger charge is 2.18. The Balaban J connectivity index is 1.80. The number of halogens is 1. The van der Waals surface area contributed by atoms with Crippen molar-refractivity contribution in [2.45, 2.75) is 13.0 Å². The van der Waals surface area contributed by atoms with Crippen LogP contribution < -0.4 is 11.1 Å². The molecule has 0 aliphatic carbocycles. The maximum Gasteiger partial charge on any atom is 0.255 e. The number of rotatable bonds is 8. The summed E-state index contributed by atoms with van der Waals surface area (Å²) in [5, 5.41) is 12.3. The Bertz CT molecular complexity index is 1130. The van der Waals surface area contributed by atoms with E-state index in [-0.39, 0.29) is 18.4 Å². The zero-order chi connectivity index (χ0) is 22.9. The fraction of sp³-hybridized carbons (Fsp3) is 0.167. The average molecular weight is 448 g/mol. The van der Waals surface area contributed by atoms with E-state index < -0.39 is 0 Å². The van der Waals surface area contributed by atoms with Gasteiger partial charge in [-0.3, -0.25) is 14.6 Å². The van der Waals surface area contributed by atoms with Crippen LogP contribution in [0.15, 0.2) is 67.0 Å². The average Bonchev–Trinajstić information content (AvgIpc) is 2.83. The molecule has 0 saturated heterocycles. The maximum absolute atomic E-state index is 13.1. The van der Waals surface area contributed by atoms with Gasteiger partial charge in [0.1, 0.15) is 0 Å². The van der Waals surface area contributed by atoms with Crippen LogP contribution in [0.1, 0.15) is 38.3 Å². The monoisotopic (exact) mass is 447 g/mol. The Labute approximate surface area is 191 Å².